The fourth-order valence-electron chi connectivity index (χ4n) is 1.68. The summed E-state index contributed by atoms with van der Waals surface area (Å²) in [6.07, 6.45) is 0.908. The van der Waals surface area contributed by atoms with Crippen molar-refractivity contribution in [3.05, 3.63) is 30.1 Å². The van der Waals surface area contributed by atoms with Crippen molar-refractivity contribution in [1.82, 2.24) is 10.6 Å². The van der Waals surface area contributed by atoms with Gasteiger partial charge in [-0.15, -0.1) is 0 Å². The van der Waals surface area contributed by atoms with Gasteiger partial charge in [0.1, 0.15) is 5.82 Å². The Bertz CT molecular complexity index is 392. The largest absolute Gasteiger partial charge is 0.372 e. The summed E-state index contributed by atoms with van der Waals surface area (Å²) in [4.78, 5) is 5.93. The van der Waals surface area contributed by atoms with Crippen molar-refractivity contribution < 1.29 is 4.39 Å². The summed E-state index contributed by atoms with van der Waals surface area (Å²) < 4.78 is 13.5. The molecule has 0 aromatic heterocycles. The van der Waals surface area contributed by atoms with Crippen LogP contribution >= 0.6 is 0 Å². The van der Waals surface area contributed by atoms with Crippen LogP contribution in [-0.4, -0.2) is 40.2 Å². The Labute approximate surface area is 108 Å². The van der Waals surface area contributed by atoms with E-state index in [1.807, 2.05) is 25.1 Å². The summed E-state index contributed by atoms with van der Waals surface area (Å²) in [5.74, 6) is 0.586. The van der Waals surface area contributed by atoms with Crippen LogP contribution in [-0.2, 0) is 0 Å². The van der Waals surface area contributed by atoms with Crippen LogP contribution in [0.4, 0.5) is 10.1 Å². The Balaban J connectivity index is 2.34. The zero-order chi connectivity index (χ0) is 13.4. The quantitative estimate of drug-likeness (QED) is 0.473. The van der Waals surface area contributed by atoms with Crippen molar-refractivity contribution in [3.8, 4) is 0 Å². The molecule has 0 aliphatic heterocycles. The van der Waals surface area contributed by atoms with Gasteiger partial charge in [0.15, 0.2) is 5.96 Å². The molecule has 0 aliphatic carbocycles. The molecule has 4 nitrogen and oxygen atoms in total. The predicted molar refractivity (Wildman–Crippen MR) is 74.7 cm³/mol. The maximum atomic E-state index is 13.5. The number of rotatable bonds is 5. The molecular formula is C13H21FN4. The van der Waals surface area contributed by atoms with E-state index >= 15 is 0 Å². The van der Waals surface area contributed by atoms with E-state index in [1.165, 1.54) is 6.07 Å². The van der Waals surface area contributed by atoms with Gasteiger partial charge in [-0.1, -0.05) is 12.1 Å². The first-order valence-electron chi connectivity index (χ1n) is 6.03. The molecule has 0 saturated heterocycles. The number of halogens is 1. The molecule has 0 bridgehead atoms. The molecule has 0 fully saturated rings. The second-order valence-corrected chi connectivity index (χ2v) is 3.98. The second-order valence-electron chi connectivity index (χ2n) is 3.98. The van der Waals surface area contributed by atoms with E-state index in [1.54, 1.807) is 19.2 Å². The van der Waals surface area contributed by atoms with Crippen LogP contribution in [0.3, 0.4) is 0 Å². The SMILES string of the molecule is CN=C(NC)NCCCN(C)c1ccccc1F. The van der Waals surface area contributed by atoms with Gasteiger partial charge in [-0.3, -0.25) is 4.99 Å². The van der Waals surface area contributed by atoms with Crippen LogP contribution < -0.4 is 15.5 Å². The number of aliphatic imine (C=N–C) groups is 1. The fourth-order valence-corrected chi connectivity index (χ4v) is 1.68. The number of hydrogen-bond acceptors (Lipinski definition) is 2. The first-order valence-corrected chi connectivity index (χ1v) is 6.03. The molecule has 2 N–H and O–H groups in total. The molecular weight excluding hydrogens is 231 g/mol. The zero-order valence-corrected chi connectivity index (χ0v) is 11.2. The Morgan fingerprint density at radius 1 is 1.39 bits per heavy atom. The van der Waals surface area contributed by atoms with E-state index in [4.69, 9.17) is 0 Å². The first kappa shape index (κ1) is 14.3. The molecule has 0 unspecified atom stereocenters. The molecule has 0 aliphatic rings. The number of guanidine groups is 1. The Hall–Kier alpha value is -1.78. The fraction of sp³-hybridized carbons (Fsp3) is 0.462. The highest BCUT2D eigenvalue weighted by molar-refractivity contribution is 5.79. The van der Waals surface area contributed by atoms with E-state index in [9.17, 15) is 4.39 Å². The second kappa shape index (κ2) is 7.53. The lowest BCUT2D eigenvalue weighted by Crippen LogP contribution is -2.36. The first-order chi connectivity index (χ1) is 8.69. The third kappa shape index (κ3) is 4.24. The van der Waals surface area contributed by atoms with Crippen LogP contribution in [0.15, 0.2) is 29.3 Å². The van der Waals surface area contributed by atoms with Crippen molar-refractivity contribution in [3.63, 3.8) is 0 Å². The van der Waals surface area contributed by atoms with Crippen LogP contribution in [0.1, 0.15) is 6.42 Å². The Kier molecular flexibility index (Phi) is 5.97. The lowest BCUT2D eigenvalue weighted by molar-refractivity contribution is 0.619. The smallest absolute Gasteiger partial charge is 0.190 e. The minimum atomic E-state index is -0.181. The van der Waals surface area contributed by atoms with Gasteiger partial charge in [-0.05, 0) is 18.6 Å². The van der Waals surface area contributed by atoms with Gasteiger partial charge in [-0.25, -0.2) is 4.39 Å². The standard InChI is InChI=1S/C13H21FN4/c1-15-13(16-2)17-9-6-10-18(3)12-8-5-4-7-11(12)14/h4-5,7-8H,6,9-10H2,1-3H3,(H2,15,16,17). The molecule has 0 amide bonds. The predicted octanol–water partition coefficient (Wildman–Crippen LogP) is 1.45. The van der Waals surface area contributed by atoms with E-state index < -0.39 is 0 Å². The van der Waals surface area contributed by atoms with Gasteiger partial charge >= 0.3 is 0 Å². The summed E-state index contributed by atoms with van der Waals surface area (Å²) in [5.41, 5.74) is 0.635. The van der Waals surface area contributed by atoms with Gasteiger partial charge in [0.05, 0.1) is 5.69 Å². The number of nitrogens with zero attached hydrogens (tertiary/aromatic N) is 2. The van der Waals surface area contributed by atoms with E-state index in [0.717, 1.165) is 25.5 Å². The van der Waals surface area contributed by atoms with Crippen LogP contribution in [0.2, 0.25) is 0 Å². The van der Waals surface area contributed by atoms with Crippen molar-refractivity contribution in [2.75, 3.05) is 39.1 Å². The van der Waals surface area contributed by atoms with E-state index in [-0.39, 0.29) is 5.82 Å². The van der Waals surface area contributed by atoms with Crippen molar-refractivity contribution in [2.24, 2.45) is 4.99 Å². The number of nitrogens with one attached hydrogen (secondary N) is 2. The Morgan fingerprint density at radius 3 is 2.72 bits per heavy atom. The van der Waals surface area contributed by atoms with Crippen LogP contribution in [0, 0.1) is 5.82 Å². The normalized spacial score (nSPS) is 11.2. The highest BCUT2D eigenvalue weighted by Gasteiger charge is 2.05. The zero-order valence-electron chi connectivity index (χ0n) is 11.2. The summed E-state index contributed by atoms with van der Waals surface area (Å²) in [6.45, 7) is 1.58. The molecule has 1 aromatic rings. The monoisotopic (exact) mass is 252 g/mol. The molecule has 0 radical (unpaired) electrons. The topological polar surface area (TPSA) is 39.7 Å². The summed E-state index contributed by atoms with van der Waals surface area (Å²) in [5, 5.41) is 6.10. The molecule has 0 spiro atoms. The molecule has 0 atom stereocenters. The maximum Gasteiger partial charge on any atom is 0.190 e. The number of anilines is 1. The molecule has 0 heterocycles. The van der Waals surface area contributed by atoms with Crippen molar-refractivity contribution in [1.29, 1.82) is 0 Å². The van der Waals surface area contributed by atoms with Crippen LogP contribution in [0.5, 0.6) is 0 Å². The summed E-state index contributed by atoms with van der Waals surface area (Å²) in [6, 6.07) is 6.81. The minimum absolute atomic E-state index is 0.181. The molecule has 0 saturated carbocycles. The molecule has 18 heavy (non-hydrogen) atoms. The molecule has 1 aromatic carbocycles. The van der Waals surface area contributed by atoms with Gasteiger partial charge in [-0.2, -0.15) is 0 Å². The van der Waals surface area contributed by atoms with Gasteiger partial charge in [0, 0.05) is 34.2 Å². The number of benzene rings is 1. The van der Waals surface area contributed by atoms with Gasteiger partial charge < -0.3 is 15.5 Å². The molecule has 5 heteroatoms. The number of para-hydroxylation sites is 1. The lowest BCUT2D eigenvalue weighted by Gasteiger charge is -2.20. The van der Waals surface area contributed by atoms with Gasteiger partial charge in [0.2, 0.25) is 0 Å². The molecule has 100 valence electrons. The highest BCUT2D eigenvalue weighted by Crippen LogP contribution is 2.16. The van der Waals surface area contributed by atoms with Crippen molar-refractivity contribution in [2.45, 2.75) is 6.42 Å². The van der Waals surface area contributed by atoms with E-state index in [2.05, 4.69) is 15.6 Å². The van der Waals surface area contributed by atoms with Crippen molar-refractivity contribution >= 4 is 11.6 Å². The average molecular weight is 252 g/mol. The molecule has 1 rings (SSSR count). The number of hydrogen-bond donors (Lipinski definition) is 2. The minimum Gasteiger partial charge on any atom is -0.372 e. The van der Waals surface area contributed by atoms with E-state index in [0.29, 0.717) is 5.69 Å². The Morgan fingerprint density at radius 2 is 2.11 bits per heavy atom. The lowest BCUT2D eigenvalue weighted by atomic mass is 10.2. The summed E-state index contributed by atoms with van der Waals surface area (Å²) >= 11 is 0. The van der Waals surface area contributed by atoms with Gasteiger partial charge in [0.25, 0.3) is 0 Å². The third-order valence-electron chi connectivity index (χ3n) is 2.69. The van der Waals surface area contributed by atoms with Crippen LogP contribution in [0.25, 0.3) is 0 Å². The highest BCUT2D eigenvalue weighted by atomic mass is 19.1. The maximum absolute atomic E-state index is 13.5. The third-order valence-corrected chi connectivity index (χ3v) is 2.69. The summed E-state index contributed by atoms with van der Waals surface area (Å²) in [7, 11) is 5.44. The average Bonchev–Trinajstić information content (AvgIpc) is 2.39.